The van der Waals surface area contributed by atoms with Crippen LogP contribution in [0.3, 0.4) is 0 Å². The molecule has 0 aliphatic carbocycles. The fourth-order valence-electron chi connectivity index (χ4n) is 3.67. The van der Waals surface area contributed by atoms with E-state index in [4.69, 9.17) is 49.4 Å². The van der Waals surface area contributed by atoms with Crippen molar-refractivity contribution < 1.29 is 24.2 Å². The first-order chi connectivity index (χ1) is 14.7. The smallest absolute Gasteiger partial charge is 0.335 e. The van der Waals surface area contributed by atoms with E-state index in [9.17, 15) is 9.59 Å². The van der Waals surface area contributed by atoms with Gasteiger partial charge in [0.05, 0.1) is 36.4 Å². The second kappa shape index (κ2) is 7.91. The molecule has 0 atom stereocenters. The normalized spacial score (nSPS) is 14.9. The van der Waals surface area contributed by atoms with Crippen LogP contribution < -0.4 is 10.1 Å². The predicted octanol–water partition coefficient (Wildman–Crippen LogP) is 4.50. The molecule has 2 N–H and O–H groups in total. The molecule has 1 saturated heterocycles. The van der Waals surface area contributed by atoms with E-state index in [0.717, 1.165) is 0 Å². The largest absolute Gasteiger partial charge is 0.495 e. The lowest BCUT2D eigenvalue weighted by molar-refractivity contribution is -0.0734. The lowest BCUT2D eigenvalue weighted by Crippen LogP contribution is -2.59. The summed E-state index contributed by atoms with van der Waals surface area (Å²) in [6.07, 6.45) is 0. The van der Waals surface area contributed by atoms with Crippen molar-refractivity contribution in [2.75, 3.05) is 20.3 Å². The van der Waals surface area contributed by atoms with Gasteiger partial charge in [-0.05, 0) is 18.2 Å². The van der Waals surface area contributed by atoms with Gasteiger partial charge in [-0.1, -0.05) is 40.9 Å². The molecule has 162 valence electrons. The maximum atomic E-state index is 13.2. The van der Waals surface area contributed by atoms with Gasteiger partial charge in [-0.15, -0.1) is 0 Å². The summed E-state index contributed by atoms with van der Waals surface area (Å²) in [4.78, 5) is 24.4. The summed E-state index contributed by atoms with van der Waals surface area (Å²) in [7, 11) is 3.22. The highest BCUT2D eigenvalue weighted by Crippen LogP contribution is 2.40. The maximum absolute atomic E-state index is 13.2. The second-order valence-electron chi connectivity index (χ2n) is 7.26. The summed E-state index contributed by atoms with van der Waals surface area (Å²) in [5.41, 5.74) is 0.802. The van der Waals surface area contributed by atoms with Crippen LogP contribution >= 0.6 is 34.8 Å². The van der Waals surface area contributed by atoms with Crippen molar-refractivity contribution in [3.8, 4) is 5.75 Å². The van der Waals surface area contributed by atoms with E-state index in [0.29, 0.717) is 32.9 Å². The number of carboxylic acids is 1. The van der Waals surface area contributed by atoms with Gasteiger partial charge in [0.1, 0.15) is 22.0 Å². The lowest BCUT2D eigenvalue weighted by atomic mass is 9.87. The van der Waals surface area contributed by atoms with Gasteiger partial charge in [0.15, 0.2) is 0 Å². The minimum Gasteiger partial charge on any atom is -0.495 e. The minimum absolute atomic E-state index is 0.0598. The molecule has 1 amide bonds. The molecule has 1 aliphatic rings. The van der Waals surface area contributed by atoms with Gasteiger partial charge in [0, 0.05) is 29.1 Å². The summed E-state index contributed by atoms with van der Waals surface area (Å²) < 4.78 is 12.3. The van der Waals surface area contributed by atoms with E-state index >= 15 is 0 Å². The Balaban J connectivity index is 1.72. The SMILES string of the molecule is COc1cc2c(cc(C(=O)NC3(c4ccc(C(=O)O)cc4Cl)COC3)n2C)c(Cl)c1Cl. The first-order valence-corrected chi connectivity index (χ1v) is 10.3. The molecule has 0 radical (unpaired) electrons. The van der Waals surface area contributed by atoms with E-state index in [1.165, 1.54) is 19.2 Å². The number of hydrogen-bond donors (Lipinski definition) is 2. The Bertz CT molecular complexity index is 1230. The maximum Gasteiger partial charge on any atom is 0.335 e. The third kappa shape index (κ3) is 3.51. The summed E-state index contributed by atoms with van der Waals surface area (Å²) in [6, 6.07) is 7.76. The number of aromatic nitrogens is 1. The number of nitrogens with zero attached hydrogens (tertiary/aromatic N) is 1. The Morgan fingerprint density at radius 2 is 1.87 bits per heavy atom. The van der Waals surface area contributed by atoms with Crippen LogP contribution in [0.25, 0.3) is 10.9 Å². The van der Waals surface area contributed by atoms with E-state index < -0.39 is 11.5 Å². The standard InChI is InChI=1S/C21H17Cl3N2O5/c1-26-14-7-16(30-2)18(24)17(23)11(14)6-15(26)19(27)25-21(8-31-9-21)12-4-3-10(20(28)29)5-13(12)22/h3-7H,8-9H2,1-2H3,(H,25,27)(H,28,29). The molecule has 1 fully saturated rings. The van der Waals surface area contributed by atoms with E-state index in [2.05, 4.69) is 5.32 Å². The molecular weight excluding hydrogens is 467 g/mol. The van der Waals surface area contributed by atoms with Crippen molar-refractivity contribution in [1.82, 2.24) is 9.88 Å². The van der Waals surface area contributed by atoms with Crippen LogP contribution in [0.15, 0.2) is 30.3 Å². The highest BCUT2D eigenvalue weighted by Gasteiger charge is 2.44. The van der Waals surface area contributed by atoms with Crippen LogP contribution in [0.4, 0.5) is 0 Å². The number of hydrogen-bond acceptors (Lipinski definition) is 4. The molecule has 7 nitrogen and oxygen atoms in total. The van der Waals surface area contributed by atoms with Crippen LogP contribution in [0.1, 0.15) is 26.4 Å². The number of fused-ring (bicyclic) bond motifs is 1. The molecule has 4 rings (SSSR count). The summed E-state index contributed by atoms with van der Waals surface area (Å²) >= 11 is 19.0. The number of carbonyl (C=O) groups is 2. The highest BCUT2D eigenvalue weighted by molar-refractivity contribution is 6.46. The van der Waals surface area contributed by atoms with Crippen molar-refractivity contribution in [3.63, 3.8) is 0 Å². The number of aryl methyl sites for hydroxylation is 1. The van der Waals surface area contributed by atoms with Gasteiger partial charge in [-0.2, -0.15) is 0 Å². The number of aromatic carboxylic acids is 1. The average molecular weight is 484 g/mol. The molecule has 0 saturated carbocycles. The number of carboxylic acid groups (broad SMARTS) is 1. The van der Waals surface area contributed by atoms with Crippen LogP contribution in [-0.2, 0) is 17.3 Å². The zero-order chi connectivity index (χ0) is 22.5. The van der Waals surface area contributed by atoms with Gasteiger partial charge in [-0.3, -0.25) is 4.79 Å². The lowest BCUT2D eigenvalue weighted by Gasteiger charge is -2.43. The zero-order valence-corrected chi connectivity index (χ0v) is 18.7. The van der Waals surface area contributed by atoms with Crippen molar-refractivity contribution >= 4 is 57.6 Å². The fourth-order valence-corrected chi connectivity index (χ4v) is 4.51. The van der Waals surface area contributed by atoms with Gasteiger partial charge >= 0.3 is 5.97 Å². The molecule has 1 aromatic heterocycles. The predicted molar refractivity (Wildman–Crippen MR) is 118 cm³/mol. The molecule has 0 bridgehead atoms. The Morgan fingerprint density at radius 1 is 1.16 bits per heavy atom. The van der Waals surface area contributed by atoms with Crippen molar-refractivity contribution in [1.29, 1.82) is 0 Å². The van der Waals surface area contributed by atoms with Gasteiger partial charge in [0.2, 0.25) is 0 Å². The monoisotopic (exact) mass is 482 g/mol. The van der Waals surface area contributed by atoms with Crippen LogP contribution in [-0.4, -0.2) is 41.9 Å². The molecule has 2 heterocycles. The molecular formula is C21H17Cl3N2O5. The van der Waals surface area contributed by atoms with Gasteiger partial charge in [-0.25, -0.2) is 4.79 Å². The third-order valence-electron chi connectivity index (χ3n) is 5.43. The average Bonchev–Trinajstić information content (AvgIpc) is 3.04. The van der Waals surface area contributed by atoms with Crippen molar-refractivity contribution in [3.05, 3.63) is 62.2 Å². The number of benzene rings is 2. The van der Waals surface area contributed by atoms with Gasteiger partial charge in [0.25, 0.3) is 5.91 Å². The molecule has 0 unspecified atom stereocenters. The molecule has 31 heavy (non-hydrogen) atoms. The topological polar surface area (TPSA) is 89.8 Å². The van der Waals surface area contributed by atoms with Crippen molar-refractivity contribution in [2.45, 2.75) is 5.54 Å². The Kier molecular flexibility index (Phi) is 5.55. The van der Waals surface area contributed by atoms with Crippen LogP contribution in [0, 0.1) is 0 Å². The number of nitrogens with one attached hydrogen (secondary N) is 1. The molecule has 1 aliphatic heterocycles. The van der Waals surface area contributed by atoms with Gasteiger partial charge < -0.3 is 24.5 Å². The molecule has 2 aromatic carbocycles. The molecule has 0 spiro atoms. The Hall–Kier alpha value is -2.45. The molecule has 3 aromatic rings. The first-order valence-electron chi connectivity index (χ1n) is 9.13. The first kappa shape index (κ1) is 21.8. The fraction of sp³-hybridized carbons (Fsp3) is 0.238. The number of carbonyl (C=O) groups excluding carboxylic acids is 1. The Morgan fingerprint density at radius 3 is 2.42 bits per heavy atom. The minimum atomic E-state index is -1.09. The zero-order valence-electron chi connectivity index (χ0n) is 16.5. The number of methoxy groups -OCH3 is 1. The summed E-state index contributed by atoms with van der Waals surface area (Å²) in [5.74, 6) is -1.05. The quantitative estimate of drug-likeness (QED) is 0.558. The van der Waals surface area contributed by atoms with E-state index in [1.54, 1.807) is 29.8 Å². The van der Waals surface area contributed by atoms with Crippen LogP contribution in [0.5, 0.6) is 5.75 Å². The van der Waals surface area contributed by atoms with E-state index in [-0.39, 0.29) is 34.7 Å². The molecule has 10 heteroatoms. The van der Waals surface area contributed by atoms with Crippen LogP contribution in [0.2, 0.25) is 15.1 Å². The number of amides is 1. The third-order valence-corrected chi connectivity index (χ3v) is 6.60. The summed E-state index contributed by atoms with van der Waals surface area (Å²) in [5, 5.41) is 13.6. The second-order valence-corrected chi connectivity index (χ2v) is 8.42. The Labute approximate surface area is 192 Å². The highest BCUT2D eigenvalue weighted by atomic mass is 35.5. The number of ether oxygens (including phenoxy) is 2. The summed E-state index contributed by atoms with van der Waals surface area (Å²) in [6.45, 7) is 0.407. The number of rotatable bonds is 5. The van der Waals surface area contributed by atoms with E-state index in [1.807, 2.05) is 0 Å². The number of halogens is 3. The van der Waals surface area contributed by atoms with Crippen molar-refractivity contribution in [2.24, 2.45) is 7.05 Å².